The smallest absolute Gasteiger partial charge is 0.475 e. The van der Waals surface area contributed by atoms with Crippen LogP contribution in [0.5, 0.6) is 0 Å². The summed E-state index contributed by atoms with van der Waals surface area (Å²) in [6.45, 7) is 2.89. The van der Waals surface area contributed by atoms with Crippen LogP contribution < -0.4 is 15.4 Å². The Kier molecular flexibility index (Phi) is 12.2. The molecule has 1 fully saturated rings. The van der Waals surface area contributed by atoms with E-state index in [1.165, 1.54) is 19.1 Å². The molecule has 4 rings (SSSR count). The van der Waals surface area contributed by atoms with Gasteiger partial charge in [-0.05, 0) is 42.2 Å². The van der Waals surface area contributed by atoms with Gasteiger partial charge in [-0.3, -0.25) is 9.59 Å². The van der Waals surface area contributed by atoms with Crippen molar-refractivity contribution in [2.45, 2.75) is 42.8 Å². The minimum Gasteiger partial charge on any atom is -0.475 e. The zero-order valence-corrected chi connectivity index (χ0v) is 24.7. The summed E-state index contributed by atoms with van der Waals surface area (Å²) in [6.07, 6.45) is -4.41. The number of aliphatic carboxylic acids is 1. The summed E-state index contributed by atoms with van der Waals surface area (Å²) in [5.41, 5.74) is 3.01. The van der Waals surface area contributed by atoms with E-state index in [0.29, 0.717) is 26.1 Å². The quantitative estimate of drug-likeness (QED) is 0.267. The van der Waals surface area contributed by atoms with Crippen LogP contribution >= 0.6 is 0 Å². The molecule has 0 radical (unpaired) electrons. The van der Waals surface area contributed by atoms with Crippen molar-refractivity contribution >= 4 is 27.7 Å². The van der Waals surface area contributed by atoms with Gasteiger partial charge in [0.05, 0.1) is 10.8 Å². The van der Waals surface area contributed by atoms with Gasteiger partial charge in [0.15, 0.2) is 0 Å². The highest BCUT2D eigenvalue weighted by molar-refractivity contribution is 7.89. The van der Waals surface area contributed by atoms with E-state index in [-0.39, 0.29) is 34.8 Å². The SMILES string of the molecule is CC(=O)Cc1ccc(S(=O)(=O)N[C@H]2CNC[C@@H](C(=O)NCC(c3ccccc3)c3ccccc3)C2)cc1.O=C(O)C(F)(F)F. The number of carboxylic acid groups (broad SMARTS) is 1. The van der Waals surface area contributed by atoms with Crippen molar-refractivity contribution in [2.24, 2.45) is 5.92 Å². The highest BCUT2D eigenvalue weighted by atomic mass is 32.2. The minimum atomic E-state index is -5.08. The third-order valence-corrected chi connectivity index (χ3v) is 8.39. The molecule has 0 bridgehead atoms. The molecule has 2 atom stereocenters. The molecule has 0 spiro atoms. The zero-order valence-electron chi connectivity index (χ0n) is 23.9. The molecule has 3 aromatic carbocycles. The fraction of sp³-hybridized carbons (Fsp3) is 0.323. The molecule has 1 amide bonds. The number of ketones is 1. The van der Waals surface area contributed by atoms with Crippen LogP contribution in [-0.4, -0.2) is 63.0 Å². The Morgan fingerprint density at radius 2 is 1.43 bits per heavy atom. The van der Waals surface area contributed by atoms with Crippen molar-refractivity contribution in [2.75, 3.05) is 19.6 Å². The largest absolute Gasteiger partial charge is 0.490 e. The Bertz CT molecular complexity index is 1460. The van der Waals surface area contributed by atoms with Crippen molar-refractivity contribution in [1.29, 1.82) is 0 Å². The molecule has 1 saturated heterocycles. The van der Waals surface area contributed by atoms with E-state index in [1.54, 1.807) is 12.1 Å². The van der Waals surface area contributed by atoms with Gasteiger partial charge in [0.25, 0.3) is 0 Å². The van der Waals surface area contributed by atoms with E-state index in [2.05, 4.69) is 39.6 Å². The summed E-state index contributed by atoms with van der Waals surface area (Å²) in [7, 11) is -3.76. The van der Waals surface area contributed by atoms with Gasteiger partial charge in [0, 0.05) is 38.0 Å². The number of rotatable bonds is 10. The van der Waals surface area contributed by atoms with E-state index in [1.807, 2.05) is 36.4 Å². The average molecular weight is 634 g/mol. The molecule has 0 aromatic heterocycles. The van der Waals surface area contributed by atoms with Crippen LogP contribution in [0.25, 0.3) is 0 Å². The van der Waals surface area contributed by atoms with Crippen molar-refractivity contribution in [1.82, 2.24) is 15.4 Å². The molecule has 0 aliphatic carbocycles. The number of hydrogen-bond acceptors (Lipinski definition) is 6. The minimum absolute atomic E-state index is 0.0168. The monoisotopic (exact) mass is 633 g/mol. The number of halogens is 3. The number of carboxylic acids is 1. The van der Waals surface area contributed by atoms with Gasteiger partial charge in [-0.1, -0.05) is 72.8 Å². The molecule has 3 aromatic rings. The Balaban J connectivity index is 0.000000676. The molecule has 4 N–H and O–H groups in total. The Morgan fingerprint density at radius 1 is 0.909 bits per heavy atom. The van der Waals surface area contributed by atoms with Gasteiger partial charge >= 0.3 is 12.1 Å². The molecular weight excluding hydrogens is 599 g/mol. The predicted octanol–water partition coefficient (Wildman–Crippen LogP) is 3.66. The van der Waals surface area contributed by atoms with Crippen molar-refractivity contribution < 1.29 is 41.1 Å². The molecule has 236 valence electrons. The maximum absolute atomic E-state index is 13.1. The number of amides is 1. The first-order valence-electron chi connectivity index (χ1n) is 13.8. The average Bonchev–Trinajstić information content (AvgIpc) is 2.98. The van der Waals surface area contributed by atoms with Gasteiger partial charge in [-0.25, -0.2) is 17.9 Å². The lowest BCUT2D eigenvalue weighted by Crippen LogP contribution is -2.52. The van der Waals surface area contributed by atoms with E-state index in [4.69, 9.17) is 9.90 Å². The molecule has 9 nitrogen and oxygen atoms in total. The summed E-state index contributed by atoms with van der Waals surface area (Å²) < 4.78 is 60.3. The highest BCUT2D eigenvalue weighted by Crippen LogP contribution is 2.24. The third kappa shape index (κ3) is 10.6. The van der Waals surface area contributed by atoms with E-state index >= 15 is 0 Å². The maximum atomic E-state index is 13.1. The lowest BCUT2D eigenvalue weighted by molar-refractivity contribution is -0.192. The fourth-order valence-corrected chi connectivity index (χ4v) is 5.99. The van der Waals surface area contributed by atoms with Crippen LogP contribution in [0.3, 0.4) is 0 Å². The second-order valence-electron chi connectivity index (χ2n) is 10.4. The first kappa shape index (κ1) is 34.4. The van der Waals surface area contributed by atoms with Crippen molar-refractivity contribution in [3.63, 3.8) is 0 Å². The van der Waals surface area contributed by atoms with Gasteiger partial charge in [0.1, 0.15) is 5.78 Å². The third-order valence-electron chi connectivity index (χ3n) is 6.86. The molecule has 0 saturated carbocycles. The molecule has 13 heteroatoms. The Morgan fingerprint density at radius 3 is 1.91 bits per heavy atom. The summed E-state index contributed by atoms with van der Waals surface area (Å²) in [4.78, 5) is 33.5. The number of piperidine rings is 1. The van der Waals surface area contributed by atoms with Gasteiger partial charge < -0.3 is 15.7 Å². The number of alkyl halides is 3. The number of carbonyl (C=O) groups excluding carboxylic acids is 2. The Hall–Kier alpha value is -4.07. The predicted molar refractivity (Wildman–Crippen MR) is 157 cm³/mol. The first-order chi connectivity index (χ1) is 20.8. The molecule has 44 heavy (non-hydrogen) atoms. The fourth-order valence-electron chi connectivity index (χ4n) is 4.74. The zero-order chi connectivity index (χ0) is 32.3. The van der Waals surface area contributed by atoms with Gasteiger partial charge in [-0.2, -0.15) is 13.2 Å². The molecule has 1 heterocycles. The van der Waals surface area contributed by atoms with Gasteiger partial charge in [-0.15, -0.1) is 0 Å². The number of benzene rings is 3. The van der Waals surface area contributed by atoms with Gasteiger partial charge in [0.2, 0.25) is 15.9 Å². The number of Topliss-reactive ketones (excluding diaryl/α,β-unsaturated/α-hetero) is 1. The van der Waals surface area contributed by atoms with Crippen LogP contribution in [0.2, 0.25) is 0 Å². The van der Waals surface area contributed by atoms with Crippen LogP contribution in [0.4, 0.5) is 13.2 Å². The normalized spacial score (nSPS) is 16.8. The summed E-state index contributed by atoms with van der Waals surface area (Å²) in [5, 5.41) is 13.4. The maximum Gasteiger partial charge on any atom is 0.490 e. The second-order valence-corrected chi connectivity index (χ2v) is 12.1. The van der Waals surface area contributed by atoms with E-state index in [0.717, 1.165) is 16.7 Å². The summed E-state index contributed by atoms with van der Waals surface area (Å²) in [5.74, 6) is -3.17. The second kappa shape index (κ2) is 15.6. The van der Waals surface area contributed by atoms with Crippen LogP contribution in [0.15, 0.2) is 89.8 Å². The van der Waals surface area contributed by atoms with Crippen LogP contribution in [0.1, 0.15) is 36.0 Å². The summed E-state index contributed by atoms with van der Waals surface area (Å²) in [6, 6.07) is 26.1. The van der Waals surface area contributed by atoms with Crippen LogP contribution in [-0.2, 0) is 30.8 Å². The lowest BCUT2D eigenvalue weighted by atomic mass is 9.90. The Labute approximate surface area is 253 Å². The molecule has 0 unspecified atom stereocenters. The van der Waals surface area contributed by atoms with Crippen LogP contribution in [0, 0.1) is 5.92 Å². The topological polar surface area (TPSA) is 142 Å². The first-order valence-corrected chi connectivity index (χ1v) is 15.2. The van der Waals surface area contributed by atoms with Crippen molar-refractivity contribution in [3.05, 3.63) is 102 Å². The number of hydrogen-bond donors (Lipinski definition) is 4. The molecular formula is C31H34F3N3O6S. The highest BCUT2D eigenvalue weighted by Gasteiger charge is 2.38. The summed E-state index contributed by atoms with van der Waals surface area (Å²) >= 11 is 0. The number of sulfonamides is 1. The molecule has 1 aliphatic heterocycles. The van der Waals surface area contributed by atoms with E-state index in [9.17, 15) is 31.2 Å². The lowest BCUT2D eigenvalue weighted by Gasteiger charge is -2.30. The molecule has 1 aliphatic rings. The standard InChI is InChI=1S/C29H33N3O4S.C2HF3O2/c1-21(33)16-22-12-14-27(15-13-22)37(35,36)32-26-17-25(18-30-19-26)29(34)31-20-28(23-8-4-2-5-9-23)24-10-6-3-7-11-24;3-2(4,5)1(6)7/h2-15,25-26,28,30,32H,16-20H2,1H3,(H,31,34);(H,6,7)/t25-,26+;/m0./s1. The van der Waals surface area contributed by atoms with E-state index < -0.39 is 28.2 Å². The van der Waals surface area contributed by atoms with Crippen molar-refractivity contribution in [3.8, 4) is 0 Å². The number of nitrogens with one attached hydrogen (secondary N) is 3. The number of carbonyl (C=O) groups is 3.